The Balaban J connectivity index is 1.43. The Hall–Kier alpha value is -3.23. The summed E-state index contributed by atoms with van der Waals surface area (Å²) < 4.78 is 0. The topological polar surface area (TPSA) is 133 Å². The molecule has 1 unspecified atom stereocenters. The first-order valence-corrected chi connectivity index (χ1v) is 11.2. The van der Waals surface area contributed by atoms with Crippen LogP contribution >= 0.6 is 0 Å². The van der Waals surface area contributed by atoms with Gasteiger partial charge in [-0.25, -0.2) is 0 Å². The van der Waals surface area contributed by atoms with Crippen LogP contribution in [0, 0.1) is 0 Å². The maximum absolute atomic E-state index is 12.8. The molecule has 2 heterocycles. The summed E-state index contributed by atoms with van der Waals surface area (Å²) in [7, 11) is 0. The normalized spacial score (nSPS) is 18.0. The molecule has 3 rings (SSSR count). The minimum atomic E-state index is -0.958. The van der Waals surface area contributed by atoms with Crippen molar-refractivity contribution in [3.05, 3.63) is 29.3 Å². The van der Waals surface area contributed by atoms with Crippen LogP contribution in [0.1, 0.15) is 84.9 Å². The van der Waals surface area contributed by atoms with Crippen LogP contribution in [0.15, 0.2) is 18.2 Å². The molecule has 4 amide bonds. The van der Waals surface area contributed by atoms with Gasteiger partial charge in [-0.3, -0.25) is 34.2 Å². The summed E-state index contributed by atoms with van der Waals surface area (Å²) in [5.41, 5.74) is 1.28. The molecule has 9 nitrogen and oxygen atoms in total. The molecule has 2 aliphatic heterocycles. The maximum Gasteiger partial charge on any atom is 0.303 e. The van der Waals surface area contributed by atoms with Gasteiger partial charge in [0.2, 0.25) is 11.8 Å². The quantitative estimate of drug-likeness (QED) is 0.334. The molecule has 1 aromatic rings. The first kappa shape index (κ1) is 23.4. The second-order valence-electron chi connectivity index (χ2n) is 8.25. The molecule has 0 radical (unpaired) electrons. The molecule has 2 aliphatic rings. The Bertz CT molecular complexity index is 913. The van der Waals surface area contributed by atoms with Gasteiger partial charge in [0.15, 0.2) is 0 Å². The lowest BCUT2D eigenvalue weighted by molar-refractivity contribution is -0.138. The lowest BCUT2D eigenvalue weighted by atomic mass is 10.0. The van der Waals surface area contributed by atoms with Crippen LogP contribution in [-0.4, -0.2) is 52.2 Å². The molecular weight excluding hydrogens is 414 g/mol. The van der Waals surface area contributed by atoms with Crippen LogP contribution in [-0.2, 0) is 14.4 Å². The van der Waals surface area contributed by atoms with Gasteiger partial charge in [-0.2, -0.15) is 0 Å². The Morgan fingerprint density at radius 1 is 0.969 bits per heavy atom. The number of imide groups is 2. The van der Waals surface area contributed by atoms with Crippen molar-refractivity contribution in [2.24, 2.45) is 0 Å². The highest BCUT2D eigenvalue weighted by molar-refractivity contribution is 6.23. The Morgan fingerprint density at radius 2 is 1.62 bits per heavy atom. The van der Waals surface area contributed by atoms with E-state index in [0.717, 1.165) is 62.1 Å². The Kier molecular flexibility index (Phi) is 7.97. The van der Waals surface area contributed by atoms with Gasteiger partial charge < -0.3 is 10.4 Å². The number of carboxylic acid groups (broad SMARTS) is 1. The number of carbonyl (C=O) groups excluding carboxylic acids is 4. The van der Waals surface area contributed by atoms with Gasteiger partial charge in [0.05, 0.1) is 11.1 Å². The summed E-state index contributed by atoms with van der Waals surface area (Å²) in [6, 6.07) is 4.03. The molecule has 0 spiro atoms. The third kappa shape index (κ3) is 5.72. The van der Waals surface area contributed by atoms with E-state index in [4.69, 9.17) is 5.11 Å². The average Bonchev–Trinajstić information content (AvgIpc) is 2.99. The van der Waals surface area contributed by atoms with E-state index in [2.05, 4.69) is 10.6 Å². The van der Waals surface area contributed by atoms with Crippen molar-refractivity contribution >= 4 is 35.3 Å². The van der Waals surface area contributed by atoms with Gasteiger partial charge in [-0.05, 0) is 37.5 Å². The summed E-state index contributed by atoms with van der Waals surface area (Å²) in [6.07, 6.45) is 7.39. The number of rotatable bonds is 12. The van der Waals surface area contributed by atoms with E-state index in [9.17, 15) is 24.0 Å². The van der Waals surface area contributed by atoms with E-state index in [0.29, 0.717) is 0 Å². The largest absolute Gasteiger partial charge is 0.481 e. The minimum Gasteiger partial charge on any atom is -0.481 e. The van der Waals surface area contributed by atoms with Crippen molar-refractivity contribution in [1.29, 1.82) is 0 Å². The van der Waals surface area contributed by atoms with E-state index in [1.807, 2.05) is 0 Å². The number of aliphatic carboxylic acids is 1. The maximum atomic E-state index is 12.8. The van der Waals surface area contributed by atoms with Crippen molar-refractivity contribution in [1.82, 2.24) is 10.2 Å². The highest BCUT2D eigenvalue weighted by atomic mass is 16.4. The number of carbonyl (C=O) groups is 5. The van der Waals surface area contributed by atoms with Crippen LogP contribution in [0.2, 0.25) is 0 Å². The van der Waals surface area contributed by atoms with Crippen LogP contribution in [0.4, 0.5) is 5.69 Å². The fourth-order valence-electron chi connectivity index (χ4n) is 4.10. The smallest absolute Gasteiger partial charge is 0.303 e. The van der Waals surface area contributed by atoms with Crippen LogP contribution in [0.25, 0.3) is 0 Å². The molecule has 3 N–H and O–H groups in total. The molecular formula is C23H29N3O6. The number of benzene rings is 1. The number of amides is 4. The SMILES string of the molecule is O=C(O)CCCCCCCCCNc1ccc2c(c1)C(=O)N(C1CCC(=O)NC1=O)C2=O. The summed E-state index contributed by atoms with van der Waals surface area (Å²) in [4.78, 5) is 60.4. The monoisotopic (exact) mass is 443 g/mol. The number of anilines is 1. The summed E-state index contributed by atoms with van der Waals surface area (Å²) >= 11 is 0. The Morgan fingerprint density at radius 3 is 2.31 bits per heavy atom. The second-order valence-corrected chi connectivity index (χ2v) is 8.25. The van der Waals surface area contributed by atoms with Gasteiger partial charge in [0, 0.05) is 25.1 Å². The predicted molar refractivity (Wildman–Crippen MR) is 116 cm³/mol. The summed E-state index contributed by atoms with van der Waals surface area (Å²) in [6.45, 7) is 0.733. The molecule has 1 atom stereocenters. The van der Waals surface area contributed by atoms with Gasteiger partial charge in [-0.15, -0.1) is 0 Å². The van der Waals surface area contributed by atoms with E-state index in [-0.39, 0.29) is 30.4 Å². The number of carboxylic acids is 1. The van der Waals surface area contributed by atoms with Gasteiger partial charge in [0.1, 0.15) is 6.04 Å². The van der Waals surface area contributed by atoms with E-state index >= 15 is 0 Å². The fraction of sp³-hybridized carbons (Fsp3) is 0.522. The molecule has 0 aromatic heterocycles. The first-order chi connectivity index (χ1) is 15.4. The fourth-order valence-corrected chi connectivity index (χ4v) is 4.10. The number of unbranched alkanes of at least 4 members (excludes halogenated alkanes) is 6. The van der Waals surface area contributed by atoms with E-state index in [1.165, 1.54) is 0 Å². The third-order valence-electron chi connectivity index (χ3n) is 5.84. The lowest BCUT2D eigenvalue weighted by Gasteiger charge is -2.27. The van der Waals surface area contributed by atoms with Crippen LogP contribution < -0.4 is 10.6 Å². The molecule has 1 aromatic carbocycles. The van der Waals surface area contributed by atoms with Crippen LogP contribution in [0.5, 0.6) is 0 Å². The number of hydrogen-bond acceptors (Lipinski definition) is 6. The summed E-state index contributed by atoms with van der Waals surface area (Å²) in [5, 5.41) is 14.1. The minimum absolute atomic E-state index is 0.0962. The van der Waals surface area contributed by atoms with E-state index in [1.54, 1.807) is 18.2 Å². The van der Waals surface area contributed by atoms with Crippen LogP contribution in [0.3, 0.4) is 0 Å². The third-order valence-corrected chi connectivity index (χ3v) is 5.84. The van der Waals surface area contributed by atoms with Crippen molar-refractivity contribution in [3.63, 3.8) is 0 Å². The summed E-state index contributed by atoms with van der Waals surface area (Å²) in [5.74, 6) is -2.76. The van der Waals surface area contributed by atoms with Gasteiger partial charge in [0.25, 0.3) is 11.8 Å². The van der Waals surface area contributed by atoms with Crippen molar-refractivity contribution < 1.29 is 29.1 Å². The molecule has 0 bridgehead atoms. The number of nitrogens with zero attached hydrogens (tertiary/aromatic N) is 1. The van der Waals surface area contributed by atoms with Crippen molar-refractivity contribution in [2.45, 2.75) is 70.3 Å². The predicted octanol–water partition coefficient (Wildman–Crippen LogP) is 2.71. The molecule has 1 fully saturated rings. The number of piperidine rings is 1. The number of hydrogen-bond donors (Lipinski definition) is 3. The zero-order valence-corrected chi connectivity index (χ0v) is 18.0. The zero-order valence-electron chi connectivity index (χ0n) is 18.0. The molecule has 0 aliphatic carbocycles. The Labute approximate surface area is 186 Å². The second kappa shape index (κ2) is 10.9. The number of nitrogens with one attached hydrogen (secondary N) is 2. The van der Waals surface area contributed by atoms with Gasteiger partial charge in [-0.1, -0.05) is 32.1 Å². The lowest BCUT2D eigenvalue weighted by Crippen LogP contribution is -2.54. The molecule has 0 saturated carbocycles. The van der Waals surface area contributed by atoms with E-state index < -0.39 is 35.6 Å². The average molecular weight is 444 g/mol. The highest BCUT2D eigenvalue weighted by Crippen LogP contribution is 2.29. The van der Waals surface area contributed by atoms with Gasteiger partial charge >= 0.3 is 5.97 Å². The van der Waals surface area contributed by atoms with Crippen molar-refractivity contribution in [2.75, 3.05) is 11.9 Å². The molecule has 172 valence electrons. The highest BCUT2D eigenvalue weighted by Gasteiger charge is 2.44. The molecule has 1 saturated heterocycles. The van der Waals surface area contributed by atoms with Crippen molar-refractivity contribution in [3.8, 4) is 0 Å². The first-order valence-electron chi connectivity index (χ1n) is 11.2. The zero-order chi connectivity index (χ0) is 23.1. The molecule has 32 heavy (non-hydrogen) atoms. The standard InChI is InChI=1S/C23H29N3O6/c27-19-12-11-18(21(30)25-19)26-22(31)16-10-9-15(14-17(16)23(26)32)24-13-7-5-3-1-2-4-6-8-20(28)29/h9-10,14,18,24H,1-8,11-13H2,(H,28,29)(H,25,27,30). The number of fused-ring (bicyclic) bond motifs is 1. The molecule has 9 heteroatoms.